The van der Waals surface area contributed by atoms with Crippen molar-refractivity contribution in [3.05, 3.63) is 64.7 Å². The minimum atomic E-state index is -3.39. The lowest BCUT2D eigenvalue weighted by atomic mass is 9.81. The smallest absolute Gasteiger partial charge is 0.326 e. The van der Waals surface area contributed by atoms with Crippen LogP contribution >= 0.6 is 11.6 Å². The molecule has 2 heterocycles. The summed E-state index contributed by atoms with van der Waals surface area (Å²) in [5, 5.41) is 13.0. The summed E-state index contributed by atoms with van der Waals surface area (Å²) in [7, 11) is -3.39. The first-order valence-corrected chi connectivity index (χ1v) is 11.8. The fourth-order valence-electron chi connectivity index (χ4n) is 3.98. The van der Waals surface area contributed by atoms with E-state index in [1.807, 2.05) is 12.1 Å². The zero-order valence-electron chi connectivity index (χ0n) is 16.5. The number of carbonyl (C=O) groups is 2. The Morgan fingerprint density at radius 1 is 1.23 bits per heavy atom. The minimum absolute atomic E-state index is 0.208. The Balaban J connectivity index is 1.59. The molecule has 1 amide bonds. The summed E-state index contributed by atoms with van der Waals surface area (Å²) in [5.41, 5.74) is 3.00. The third-order valence-electron chi connectivity index (χ3n) is 5.33. The highest BCUT2D eigenvalue weighted by Crippen LogP contribution is 2.42. The van der Waals surface area contributed by atoms with Crippen LogP contribution in [0.5, 0.6) is 0 Å². The van der Waals surface area contributed by atoms with Gasteiger partial charge < -0.3 is 15.3 Å². The first-order valence-electron chi connectivity index (χ1n) is 9.51. The standard InChI is InChI=1S/C21H20ClN3O5S/c1-31(29,30)24-13-3-5-14(6-4-13)25-9-8-16(20(25)26)17-11-19(21(27)28)23-18-10-12(22)2-7-15(17)18/h2-8,10,17,19,23-24H,9,11H2,1H3,(H,27,28). The van der Waals surface area contributed by atoms with Gasteiger partial charge in [-0.2, -0.15) is 0 Å². The minimum Gasteiger partial charge on any atom is -0.480 e. The Morgan fingerprint density at radius 3 is 2.58 bits per heavy atom. The molecule has 0 bridgehead atoms. The van der Waals surface area contributed by atoms with E-state index in [0.29, 0.717) is 34.2 Å². The van der Waals surface area contributed by atoms with E-state index < -0.39 is 22.0 Å². The molecule has 4 rings (SSSR count). The van der Waals surface area contributed by atoms with Gasteiger partial charge in [-0.3, -0.25) is 9.52 Å². The zero-order chi connectivity index (χ0) is 22.3. The number of hydrogen-bond acceptors (Lipinski definition) is 5. The maximum absolute atomic E-state index is 13.2. The van der Waals surface area contributed by atoms with E-state index in [1.54, 1.807) is 41.3 Å². The molecule has 2 aliphatic heterocycles. The maximum atomic E-state index is 13.2. The summed E-state index contributed by atoms with van der Waals surface area (Å²) in [6.45, 7) is 0.345. The molecule has 162 valence electrons. The van der Waals surface area contributed by atoms with E-state index in [1.165, 1.54) is 0 Å². The molecule has 2 aromatic carbocycles. The third-order valence-corrected chi connectivity index (χ3v) is 6.18. The second kappa shape index (κ2) is 7.90. The first kappa shape index (κ1) is 21.2. The predicted molar refractivity (Wildman–Crippen MR) is 119 cm³/mol. The van der Waals surface area contributed by atoms with Crippen molar-refractivity contribution >= 4 is 50.6 Å². The van der Waals surface area contributed by atoms with Crippen LogP contribution < -0.4 is 14.9 Å². The van der Waals surface area contributed by atoms with Crippen LogP contribution in [0.2, 0.25) is 5.02 Å². The number of carboxylic acid groups (broad SMARTS) is 1. The SMILES string of the molecule is CS(=O)(=O)Nc1ccc(N2CC=C(C3CC(C(=O)O)Nc4cc(Cl)ccc43)C2=O)cc1. The number of carboxylic acids is 1. The van der Waals surface area contributed by atoms with E-state index in [9.17, 15) is 23.1 Å². The summed E-state index contributed by atoms with van der Waals surface area (Å²) >= 11 is 6.08. The number of hydrogen-bond donors (Lipinski definition) is 3. The van der Waals surface area contributed by atoms with Gasteiger partial charge in [0.25, 0.3) is 5.91 Å². The van der Waals surface area contributed by atoms with Crippen molar-refractivity contribution in [2.75, 3.05) is 27.7 Å². The molecule has 0 spiro atoms. The van der Waals surface area contributed by atoms with Crippen LogP contribution in [-0.2, 0) is 19.6 Å². The lowest BCUT2D eigenvalue weighted by molar-refractivity contribution is -0.138. The molecule has 0 aromatic heterocycles. The van der Waals surface area contributed by atoms with Crippen LogP contribution in [0.3, 0.4) is 0 Å². The largest absolute Gasteiger partial charge is 0.480 e. The molecule has 10 heteroatoms. The Hall–Kier alpha value is -3.04. The molecule has 2 atom stereocenters. The number of benzene rings is 2. The van der Waals surface area contributed by atoms with Gasteiger partial charge >= 0.3 is 5.97 Å². The van der Waals surface area contributed by atoms with Gasteiger partial charge in [0.1, 0.15) is 6.04 Å². The van der Waals surface area contributed by atoms with Gasteiger partial charge in [0.05, 0.1) is 6.26 Å². The molecule has 8 nitrogen and oxygen atoms in total. The van der Waals surface area contributed by atoms with Crippen LogP contribution in [0.4, 0.5) is 17.1 Å². The molecule has 31 heavy (non-hydrogen) atoms. The Morgan fingerprint density at radius 2 is 1.94 bits per heavy atom. The Kier molecular flexibility index (Phi) is 5.40. The van der Waals surface area contributed by atoms with Crippen molar-refractivity contribution in [2.24, 2.45) is 0 Å². The average Bonchev–Trinajstić information content (AvgIpc) is 3.07. The molecule has 2 aliphatic rings. The van der Waals surface area contributed by atoms with E-state index in [2.05, 4.69) is 10.0 Å². The summed E-state index contributed by atoms with van der Waals surface area (Å²) in [5.74, 6) is -1.58. The van der Waals surface area contributed by atoms with Crippen LogP contribution in [0.25, 0.3) is 0 Å². The van der Waals surface area contributed by atoms with E-state index >= 15 is 0 Å². The number of aliphatic carboxylic acids is 1. The number of nitrogens with one attached hydrogen (secondary N) is 2. The second-order valence-corrected chi connectivity index (χ2v) is 9.74. The number of carbonyl (C=O) groups excluding carboxylic acids is 1. The average molecular weight is 462 g/mol. The predicted octanol–water partition coefficient (Wildman–Crippen LogP) is 3.04. The number of fused-ring (bicyclic) bond motifs is 1. The van der Waals surface area contributed by atoms with E-state index in [-0.39, 0.29) is 18.2 Å². The second-order valence-electron chi connectivity index (χ2n) is 7.55. The summed E-state index contributed by atoms with van der Waals surface area (Å²) in [6.07, 6.45) is 3.13. The van der Waals surface area contributed by atoms with Gasteiger partial charge in [0.15, 0.2) is 0 Å². The van der Waals surface area contributed by atoms with Crippen LogP contribution in [0.15, 0.2) is 54.1 Å². The normalized spacial score (nSPS) is 20.6. The number of halogens is 1. The molecule has 0 saturated heterocycles. The van der Waals surface area contributed by atoms with Crippen LogP contribution in [-0.4, -0.2) is 44.2 Å². The monoisotopic (exact) mass is 461 g/mol. The van der Waals surface area contributed by atoms with E-state index in [0.717, 1.165) is 11.8 Å². The van der Waals surface area contributed by atoms with Crippen LogP contribution in [0.1, 0.15) is 17.9 Å². The number of nitrogens with zero attached hydrogens (tertiary/aromatic N) is 1. The zero-order valence-corrected chi connectivity index (χ0v) is 18.1. The molecule has 2 unspecified atom stereocenters. The van der Waals surface area contributed by atoms with Gasteiger partial charge in [-0.25, -0.2) is 13.2 Å². The lowest BCUT2D eigenvalue weighted by Gasteiger charge is -2.32. The maximum Gasteiger partial charge on any atom is 0.326 e. The molecule has 3 N–H and O–H groups in total. The number of anilines is 3. The van der Waals surface area contributed by atoms with E-state index in [4.69, 9.17) is 11.6 Å². The molecule has 0 saturated carbocycles. The van der Waals surface area contributed by atoms with Gasteiger partial charge in [0.2, 0.25) is 10.0 Å². The number of sulfonamides is 1. The Bertz CT molecular complexity index is 1190. The van der Waals surface area contributed by atoms with Crippen molar-refractivity contribution in [3.8, 4) is 0 Å². The quantitative estimate of drug-likeness (QED) is 0.630. The van der Waals surface area contributed by atoms with Crippen molar-refractivity contribution in [1.29, 1.82) is 0 Å². The fourth-order valence-corrected chi connectivity index (χ4v) is 4.71. The van der Waals surface area contributed by atoms with Gasteiger partial charge in [-0.15, -0.1) is 0 Å². The van der Waals surface area contributed by atoms with Crippen molar-refractivity contribution < 1.29 is 23.1 Å². The topological polar surface area (TPSA) is 116 Å². The highest BCUT2D eigenvalue weighted by atomic mass is 35.5. The van der Waals surface area contributed by atoms with Gasteiger partial charge in [-0.05, 0) is 48.4 Å². The summed E-state index contributed by atoms with van der Waals surface area (Å²) in [4.78, 5) is 26.4. The lowest BCUT2D eigenvalue weighted by Crippen LogP contribution is -2.37. The molecular formula is C21H20ClN3O5S. The highest BCUT2D eigenvalue weighted by Gasteiger charge is 2.38. The van der Waals surface area contributed by atoms with Crippen molar-refractivity contribution in [1.82, 2.24) is 0 Å². The highest BCUT2D eigenvalue weighted by molar-refractivity contribution is 7.92. The molecule has 0 aliphatic carbocycles. The third kappa shape index (κ3) is 4.38. The summed E-state index contributed by atoms with van der Waals surface area (Å²) < 4.78 is 25.1. The first-order chi connectivity index (χ1) is 14.6. The molecule has 0 fully saturated rings. The van der Waals surface area contributed by atoms with Gasteiger partial charge in [-0.1, -0.05) is 23.7 Å². The Labute approximate surface area is 184 Å². The van der Waals surface area contributed by atoms with Crippen molar-refractivity contribution in [2.45, 2.75) is 18.4 Å². The summed E-state index contributed by atoms with van der Waals surface area (Å²) in [6, 6.07) is 10.9. The molecular weight excluding hydrogens is 442 g/mol. The molecule has 2 aromatic rings. The fraction of sp³-hybridized carbons (Fsp3) is 0.238. The molecule has 0 radical (unpaired) electrons. The van der Waals surface area contributed by atoms with Crippen molar-refractivity contribution in [3.63, 3.8) is 0 Å². The number of rotatable bonds is 5. The van der Waals surface area contributed by atoms with Crippen LogP contribution in [0, 0.1) is 0 Å². The number of amides is 1. The van der Waals surface area contributed by atoms with Gasteiger partial charge in [0, 0.05) is 40.1 Å².